The van der Waals surface area contributed by atoms with Crippen LogP contribution in [-0.4, -0.2) is 11.3 Å². The van der Waals surface area contributed by atoms with Crippen molar-refractivity contribution in [3.63, 3.8) is 0 Å². The molecule has 2 atom stereocenters. The monoisotopic (exact) mass is 240 g/mol. The van der Waals surface area contributed by atoms with Crippen LogP contribution in [0.5, 0.6) is 0 Å². The molecule has 0 heterocycles. The maximum absolute atomic E-state index is 12.0. The summed E-state index contributed by atoms with van der Waals surface area (Å²) >= 11 is 3.39. The molecule has 0 aliphatic heterocycles. The molecule has 0 aliphatic carbocycles. The summed E-state index contributed by atoms with van der Waals surface area (Å²) < 4.78 is 12.0. The summed E-state index contributed by atoms with van der Waals surface area (Å²) in [5.74, 6) is -2.06. The van der Waals surface area contributed by atoms with E-state index in [0.29, 0.717) is 11.3 Å². The summed E-state index contributed by atoms with van der Waals surface area (Å²) in [5, 5.41) is 0. The van der Waals surface area contributed by atoms with Gasteiger partial charge in [-0.25, -0.2) is 0 Å². The Morgan fingerprint density at radius 3 is 1.64 bits per heavy atom. The highest BCUT2D eigenvalue weighted by atomic mass is 79.9. The Morgan fingerprint density at radius 1 is 1.18 bits per heavy atom. The minimum atomic E-state index is -2.06. The molecule has 0 fully saturated rings. The van der Waals surface area contributed by atoms with Crippen molar-refractivity contribution in [1.29, 1.82) is 0 Å². The summed E-state index contributed by atoms with van der Waals surface area (Å²) in [4.78, 5) is 0. The molecule has 0 bridgehead atoms. The van der Waals surface area contributed by atoms with Crippen LogP contribution < -0.4 is 0 Å². The van der Waals surface area contributed by atoms with E-state index in [2.05, 4.69) is 43.2 Å². The van der Waals surface area contributed by atoms with Gasteiger partial charge in [0.05, 0.1) is 0 Å². The number of halogens is 1. The molecule has 2 unspecified atom stereocenters. The first-order valence-electron chi connectivity index (χ1n) is 4.25. The predicted molar refractivity (Wildman–Crippen MR) is 56.0 cm³/mol. The summed E-state index contributed by atoms with van der Waals surface area (Å²) in [5.41, 5.74) is 0.634. The molecule has 0 aromatic heterocycles. The molecule has 0 rings (SSSR count). The SMILES string of the molecule is CCC(C)P(=O)(Br)C(C)CC. The van der Waals surface area contributed by atoms with E-state index < -0.39 is 5.84 Å². The van der Waals surface area contributed by atoms with E-state index in [1.807, 2.05) is 0 Å². The third kappa shape index (κ3) is 2.91. The largest absolute Gasteiger partial charge is 0.311 e. The van der Waals surface area contributed by atoms with E-state index in [1.165, 1.54) is 0 Å². The van der Waals surface area contributed by atoms with Crippen LogP contribution in [-0.2, 0) is 4.57 Å². The summed E-state index contributed by atoms with van der Waals surface area (Å²) in [7, 11) is 0. The smallest absolute Gasteiger partial charge is 0.153 e. The van der Waals surface area contributed by atoms with Crippen LogP contribution in [0.1, 0.15) is 40.5 Å². The summed E-state index contributed by atoms with van der Waals surface area (Å²) in [6, 6.07) is 0. The molecule has 0 saturated heterocycles. The molecule has 68 valence electrons. The lowest BCUT2D eigenvalue weighted by Crippen LogP contribution is -2.07. The van der Waals surface area contributed by atoms with Crippen molar-refractivity contribution in [3.8, 4) is 0 Å². The lowest BCUT2D eigenvalue weighted by Gasteiger charge is -2.22. The Balaban J connectivity index is 4.32. The zero-order chi connectivity index (χ0) is 9.07. The second-order valence-electron chi connectivity index (χ2n) is 3.14. The lowest BCUT2D eigenvalue weighted by molar-refractivity contribution is 0.565. The van der Waals surface area contributed by atoms with Crippen LogP contribution in [0.3, 0.4) is 0 Å². The molecule has 1 nitrogen and oxygen atoms in total. The van der Waals surface area contributed by atoms with E-state index in [9.17, 15) is 4.57 Å². The van der Waals surface area contributed by atoms with Crippen molar-refractivity contribution in [2.45, 2.75) is 51.9 Å². The first-order chi connectivity index (χ1) is 4.96. The van der Waals surface area contributed by atoms with Gasteiger partial charge in [0, 0.05) is 11.3 Å². The van der Waals surface area contributed by atoms with Crippen LogP contribution >= 0.6 is 21.3 Å². The van der Waals surface area contributed by atoms with Crippen LogP contribution in [0.2, 0.25) is 0 Å². The number of rotatable bonds is 4. The Kier molecular flexibility index (Phi) is 4.97. The molecular weight excluding hydrogens is 223 g/mol. The molecule has 0 radical (unpaired) electrons. The van der Waals surface area contributed by atoms with E-state index in [0.717, 1.165) is 12.8 Å². The maximum Gasteiger partial charge on any atom is 0.153 e. The van der Waals surface area contributed by atoms with Gasteiger partial charge in [-0.3, -0.25) is 0 Å². The van der Waals surface area contributed by atoms with E-state index in [-0.39, 0.29) is 0 Å². The summed E-state index contributed by atoms with van der Waals surface area (Å²) in [6.45, 7) is 8.28. The lowest BCUT2D eigenvalue weighted by atomic mass is 10.4. The molecule has 11 heavy (non-hydrogen) atoms. The second kappa shape index (κ2) is 4.67. The minimum absolute atomic E-state index is 0.317. The van der Waals surface area contributed by atoms with Gasteiger partial charge in [0.2, 0.25) is 0 Å². The van der Waals surface area contributed by atoms with Crippen molar-refractivity contribution in [2.75, 3.05) is 0 Å². The van der Waals surface area contributed by atoms with Gasteiger partial charge >= 0.3 is 0 Å². The Labute approximate surface area is 78.1 Å². The van der Waals surface area contributed by atoms with Gasteiger partial charge in [-0.05, 0) is 28.3 Å². The van der Waals surface area contributed by atoms with Gasteiger partial charge in [0.15, 0.2) is 5.84 Å². The van der Waals surface area contributed by atoms with Gasteiger partial charge in [-0.1, -0.05) is 27.7 Å². The molecule has 0 aromatic rings. The van der Waals surface area contributed by atoms with Gasteiger partial charge in [-0.15, -0.1) is 0 Å². The molecule has 0 spiro atoms. The molecule has 0 saturated carbocycles. The third-order valence-corrected chi connectivity index (χ3v) is 9.71. The second-order valence-corrected chi connectivity index (χ2v) is 9.48. The Morgan fingerprint density at radius 2 is 1.45 bits per heavy atom. The highest BCUT2D eigenvalue weighted by Crippen LogP contribution is 2.63. The average Bonchev–Trinajstić information content (AvgIpc) is 2.01. The van der Waals surface area contributed by atoms with Crippen LogP contribution in [0.25, 0.3) is 0 Å². The van der Waals surface area contributed by atoms with Gasteiger partial charge < -0.3 is 4.57 Å². The van der Waals surface area contributed by atoms with Gasteiger partial charge in [-0.2, -0.15) is 0 Å². The first-order valence-corrected chi connectivity index (χ1v) is 8.12. The predicted octanol–water partition coefficient (Wildman–Crippen LogP) is 4.26. The molecule has 0 N–H and O–H groups in total. The highest BCUT2D eigenvalue weighted by molar-refractivity contribution is 9.40. The van der Waals surface area contributed by atoms with Crippen molar-refractivity contribution in [1.82, 2.24) is 0 Å². The van der Waals surface area contributed by atoms with Crippen LogP contribution in [0.4, 0.5) is 0 Å². The number of hydrogen-bond acceptors (Lipinski definition) is 1. The van der Waals surface area contributed by atoms with Crippen molar-refractivity contribution < 1.29 is 4.57 Å². The topological polar surface area (TPSA) is 17.1 Å². The fourth-order valence-corrected chi connectivity index (χ4v) is 4.53. The van der Waals surface area contributed by atoms with E-state index in [1.54, 1.807) is 0 Å². The van der Waals surface area contributed by atoms with E-state index in [4.69, 9.17) is 0 Å². The van der Waals surface area contributed by atoms with Gasteiger partial charge in [0.25, 0.3) is 0 Å². The maximum atomic E-state index is 12.0. The molecule has 3 heteroatoms. The average molecular weight is 241 g/mol. The van der Waals surface area contributed by atoms with Crippen LogP contribution in [0.15, 0.2) is 0 Å². The molecule has 0 aliphatic rings. The van der Waals surface area contributed by atoms with Crippen LogP contribution in [0, 0.1) is 0 Å². The van der Waals surface area contributed by atoms with Crippen molar-refractivity contribution in [2.24, 2.45) is 0 Å². The Bertz CT molecular complexity index is 144. The molecule has 0 aromatic carbocycles. The van der Waals surface area contributed by atoms with E-state index >= 15 is 0 Å². The third-order valence-electron chi connectivity index (χ3n) is 2.38. The quantitative estimate of drug-likeness (QED) is 0.672. The highest BCUT2D eigenvalue weighted by Gasteiger charge is 2.30. The Hall–Kier alpha value is 0.710. The van der Waals surface area contributed by atoms with Gasteiger partial charge in [0.1, 0.15) is 0 Å². The zero-order valence-corrected chi connectivity index (χ0v) is 10.3. The fraction of sp³-hybridized carbons (Fsp3) is 1.00. The first kappa shape index (κ1) is 11.7. The summed E-state index contributed by atoms with van der Waals surface area (Å²) in [6.07, 6.45) is 1.99. The van der Waals surface area contributed by atoms with Crippen molar-refractivity contribution in [3.05, 3.63) is 0 Å². The normalized spacial score (nSPS) is 22.3. The molecule has 0 amide bonds. The minimum Gasteiger partial charge on any atom is -0.311 e. The zero-order valence-electron chi connectivity index (χ0n) is 7.80. The fourth-order valence-electron chi connectivity index (χ4n) is 0.932. The number of hydrogen-bond donors (Lipinski definition) is 0. The standard InChI is InChI=1S/C8H18BrOP/c1-5-7(3)11(9,10)8(4)6-2/h7-8H,5-6H2,1-4H3. The van der Waals surface area contributed by atoms with Crippen molar-refractivity contribution >= 4 is 21.3 Å². The molecular formula is C8H18BrOP.